The maximum Gasteiger partial charge on any atom is 0.307 e. The fraction of sp³-hybridized carbons (Fsp3) is 0.625. The Morgan fingerprint density at radius 2 is 2.25 bits per heavy atom. The van der Waals surface area contributed by atoms with E-state index in [1.807, 2.05) is 12.1 Å². The second kappa shape index (κ2) is 6.18. The highest BCUT2D eigenvalue weighted by Gasteiger charge is 2.12. The first-order valence-corrected chi connectivity index (χ1v) is 3.66. The molecule has 0 rings (SSSR count). The largest absolute Gasteiger partial charge is 0.466 e. The first-order chi connectivity index (χ1) is 5.74. The monoisotopic (exact) mass is 166 g/mol. The molecule has 0 fully saturated rings. The van der Waals surface area contributed by atoms with Gasteiger partial charge in [-0.1, -0.05) is 0 Å². The first-order valence-electron chi connectivity index (χ1n) is 3.66. The van der Waals surface area contributed by atoms with Gasteiger partial charge in [-0.05, 0) is 6.92 Å². The van der Waals surface area contributed by atoms with E-state index in [2.05, 4.69) is 4.74 Å². The second-order valence-electron chi connectivity index (χ2n) is 2.20. The minimum absolute atomic E-state index is 0.0118. The molecule has 1 atom stereocenters. The highest BCUT2D eigenvalue weighted by atomic mass is 16.5. The zero-order chi connectivity index (χ0) is 9.40. The van der Waals surface area contributed by atoms with Crippen molar-refractivity contribution in [1.82, 2.24) is 0 Å². The Morgan fingerprint density at radius 1 is 1.58 bits per heavy atom. The molecular formula is C8H10N2O2. The van der Waals surface area contributed by atoms with Crippen molar-refractivity contribution in [2.75, 3.05) is 6.61 Å². The Labute approximate surface area is 71.4 Å². The lowest BCUT2D eigenvalue weighted by atomic mass is 10.0. The number of carbonyl (C=O) groups excluding carboxylic acids is 1. The molecule has 0 amide bonds. The fourth-order valence-corrected chi connectivity index (χ4v) is 0.695. The number of hydrogen-bond donors (Lipinski definition) is 0. The van der Waals surface area contributed by atoms with Crippen molar-refractivity contribution in [2.24, 2.45) is 5.92 Å². The molecule has 0 aliphatic carbocycles. The normalized spacial score (nSPS) is 10.9. The molecule has 0 aliphatic rings. The summed E-state index contributed by atoms with van der Waals surface area (Å²) in [5.41, 5.74) is 0. The topological polar surface area (TPSA) is 73.9 Å². The number of carbonyl (C=O) groups is 1. The second-order valence-corrected chi connectivity index (χ2v) is 2.20. The van der Waals surface area contributed by atoms with Crippen molar-refractivity contribution in [2.45, 2.75) is 19.8 Å². The first kappa shape index (κ1) is 10.4. The molecule has 1 unspecified atom stereocenters. The molecule has 64 valence electrons. The minimum atomic E-state index is -0.533. The smallest absolute Gasteiger partial charge is 0.307 e. The Morgan fingerprint density at radius 3 is 2.67 bits per heavy atom. The predicted octanol–water partition coefficient (Wildman–Crippen LogP) is 0.993. The van der Waals surface area contributed by atoms with Gasteiger partial charge in [0.15, 0.2) is 0 Å². The van der Waals surface area contributed by atoms with Gasteiger partial charge in [-0.2, -0.15) is 10.5 Å². The van der Waals surface area contributed by atoms with Gasteiger partial charge >= 0.3 is 5.97 Å². The van der Waals surface area contributed by atoms with E-state index in [1.54, 1.807) is 6.92 Å². The summed E-state index contributed by atoms with van der Waals surface area (Å²) < 4.78 is 4.62. The molecular weight excluding hydrogens is 156 g/mol. The molecule has 0 aliphatic heterocycles. The quantitative estimate of drug-likeness (QED) is 0.584. The van der Waals surface area contributed by atoms with Gasteiger partial charge in [0, 0.05) is 0 Å². The lowest BCUT2D eigenvalue weighted by Crippen LogP contribution is -2.09. The van der Waals surface area contributed by atoms with Crippen molar-refractivity contribution in [3.63, 3.8) is 0 Å². The zero-order valence-electron chi connectivity index (χ0n) is 6.91. The maximum absolute atomic E-state index is 10.8. The third-order valence-electron chi connectivity index (χ3n) is 1.24. The standard InChI is InChI=1S/C8H10N2O2/c1-2-12-8(11)5-7(6-10)3-4-9/h7H,2-3,5H2,1H3. The summed E-state index contributed by atoms with van der Waals surface area (Å²) in [6, 6.07) is 3.70. The molecule has 0 aromatic rings. The molecule has 4 heteroatoms. The van der Waals surface area contributed by atoms with Crippen molar-refractivity contribution in [3.8, 4) is 12.1 Å². The number of nitriles is 2. The Balaban J connectivity index is 3.81. The summed E-state index contributed by atoms with van der Waals surface area (Å²) >= 11 is 0. The molecule has 0 aromatic heterocycles. The average molecular weight is 166 g/mol. The van der Waals surface area contributed by atoms with Crippen LogP contribution in [-0.4, -0.2) is 12.6 Å². The van der Waals surface area contributed by atoms with E-state index >= 15 is 0 Å². The van der Waals surface area contributed by atoms with E-state index in [1.165, 1.54) is 0 Å². The molecule has 0 N–H and O–H groups in total. The van der Waals surface area contributed by atoms with E-state index in [9.17, 15) is 4.79 Å². The van der Waals surface area contributed by atoms with Crippen LogP contribution in [0.3, 0.4) is 0 Å². The highest BCUT2D eigenvalue weighted by molar-refractivity contribution is 5.70. The number of ether oxygens (including phenoxy) is 1. The Bertz CT molecular complexity index is 224. The molecule has 0 saturated carbocycles. The van der Waals surface area contributed by atoms with Crippen LogP contribution in [0.4, 0.5) is 0 Å². The number of rotatable bonds is 4. The molecule has 4 nitrogen and oxygen atoms in total. The van der Waals surface area contributed by atoms with E-state index < -0.39 is 11.9 Å². The van der Waals surface area contributed by atoms with E-state index in [4.69, 9.17) is 10.5 Å². The molecule has 0 heterocycles. The van der Waals surface area contributed by atoms with E-state index in [0.717, 1.165) is 0 Å². The van der Waals surface area contributed by atoms with Crippen LogP contribution in [-0.2, 0) is 9.53 Å². The van der Waals surface area contributed by atoms with Gasteiger partial charge < -0.3 is 4.74 Å². The van der Waals surface area contributed by atoms with Gasteiger partial charge in [0.05, 0.1) is 37.5 Å². The van der Waals surface area contributed by atoms with Crippen molar-refractivity contribution in [3.05, 3.63) is 0 Å². The van der Waals surface area contributed by atoms with Gasteiger partial charge in [-0.25, -0.2) is 0 Å². The molecule has 12 heavy (non-hydrogen) atoms. The Hall–Kier alpha value is -1.55. The summed E-state index contributed by atoms with van der Waals surface area (Å²) in [5.74, 6) is -0.951. The highest BCUT2D eigenvalue weighted by Crippen LogP contribution is 2.06. The van der Waals surface area contributed by atoms with Gasteiger partial charge in [0.1, 0.15) is 0 Å². The number of hydrogen-bond acceptors (Lipinski definition) is 4. The van der Waals surface area contributed by atoms with E-state index in [-0.39, 0.29) is 12.8 Å². The fourth-order valence-electron chi connectivity index (χ4n) is 0.695. The lowest BCUT2D eigenvalue weighted by molar-refractivity contribution is -0.143. The molecule has 0 bridgehead atoms. The summed E-state index contributed by atoms with van der Waals surface area (Å²) in [7, 11) is 0. The van der Waals surface area contributed by atoms with Gasteiger partial charge in [0.2, 0.25) is 0 Å². The van der Waals surface area contributed by atoms with Crippen LogP contribution in [0.2, 0.25) is 0 Å². The zero-order valence-corrected chi connectivity index (χ0v) is 6.91. The minimum Gasteiger partial charge on any atom is -0.466 e. The van der Waals surface area contributed by atoms with Crippen LogP contribution in [0.15, 0.2) is 0 Å². The number of esters is 1. The van der Waals surface area contributed by atoms with Crippen LogP contribution < -0.4 is 0 Å². The third kappa shape index (κ3) is 4.29. The van der Waals surface area contributed by atoms with E-state index in [0.29, 0.717) is 6.61 Å². The van der Waals surface area contributed by atoms with Crippen LogP contribution >= 0.6 is 0 Å². The van der Waals surface area contributed by atoms with Crippen LogP contribution in [0, 0.1) is 28.6 Å². The van der Waals surface area contributed by atoms with Crippen molar-refractivity contribution < 1.29 is 9.53 Å². The lowest BCUT2D eigenvalue weighted by Gasteiger charge is -2.03. The van der Waals surface area contributed by atoms with Gasteiger partial charge in [-0.15, -0.1) is 0 Å². The SMILES string of the molecule is CCOC(=O)CC(C#N)CC#N. The molecule has 0 aromatic carbocycles. The third-order valence-corrected chi connectivity index (χ3v) is 1.24. The van der Waals surface area contributed by atoms with Crippen LogP contribution in [0.1, 0.15) is 19.8 Å². The average Bonchev–Trinajstić information content (AvgIpc) is 2.04. The van der Waals surface area contributed by atoms with Crippen molar-refractivity contribution >= 4 is 5.97 Å². The Kier molecular flexibility index (Phi) is 5.38. The summed E-state index contributed by atoms with van der Waals surface area (Å²) in [5, 5.41) is 16.7. The van der Waals surface area contributed by atoms with Crippen molar-refractivity contribution in [1.29, 1.82) is 10.5 Å². The summed E-state index contributed by atoms with van der Waals surface area (Å²) in [4.78, 5) is 10.8. The van der Waals surface area contributed by atoms with Gasteiger partial charge in [0.25, 0.3) is 0 Å². The molecule has 0 spiro atoms. The maximum atomic E-state index is 10.8. The van der Waals surface area contributed by atoms with Crippen LogP contribution in [0.25, 0.3) is 0 Å². The molecule has 0 saturated heterocycles. The van der Waals surface area contributed by atoms with Gasteiger partial charge in [-0.3, -0.25) is 4.79 Å². The molecule has 0 radical (unpaired) electrons. The summed E-state index contributed by atoms with van der Waals surface area (Å²) in [6.45, 7) is 2.01. The number of nitrogens with zero attached hydrogens (tertiary/aromatic N) is 2. The van der Waals surface area contributed by atoms with Crippen LogP contribution in [0.5, 0.6) is 0 Å². The predicted molar refractivity (Wildman–Crippen MR) is 40.6 cm³/mol. The summed E-state index contributed by atoms with van der Waals surface area (Å²) in [6.07, 6.45) is 0.0905.